The minimum atomic E-state index is -1.69. The molecule has 0 N–H and O–H groups in total. The number of hydrogen-bond acceptors (Lipinski definition) is 2. The van der Waals surface area contributed by atoms with Gasteiger partial charge in [0.25, 0.3) is 0 Å². The Hall–Kier alpha value is -1.70. The third kappa shape index (κ3) is 1.64. The summed E-state index contributed by atoms with van der Waals surface area (Å²) in [5.74, 6) is -5.05. The molecule has 0 aliphatic heterocycles. The molecule has 1 aromatic carbocycles. The molecule has 1 rings (SSSR count). The van der Waals surface area contributed by atoms with Crippen molar-refractivity contribution in [2.24, 2.45) is 0 Å². The molecular weight excluding hydrogens is 195 g/mol. The fraction of sp³-hybridized carbons (Fsp3) is 0.222. The first kappa shape index (κ1) is 10.4. The van der Waals surface area contributed by atoms with Gasteiger partial charge in [-0.2, -0.15) is 9.65 Å². The van der Waals surface area contributed by atoms with Crippen LogP contribution in [0.3, 0.4) is 0 Å². The van der Waals surface area contributed by atoms with E-state index >= 15 is 0 Å². The lowest BCUT2D eigenvalue weighted by Gasteiger charge is -2.06. The second-order valence-electron chi connectivity index (χ2n) is 2.41. The van der Waals surface area contributed by atoms with Crippen LogP contribution in [0.1, 0.15) is 12.5 Å². The van der Waals surface area contributed by atoms with Crippen molar-refractivity contribution in [1.29, 1.82) is 5.26 Å². The van der Waals surface area contributed by atoms with Gasteiger partial charge < -0.3 is 4.74 Å². The Bertz CT molecular complexity index is 398. The van der Waals surface area contributed by atoms with E-state index in [-0.39, 0.29) is 6.61 Å². The van der Waals surface area contributed by atoms with Gasteiger partial charge in [-0.05, 0) is 6.92 Å². The SMILES string of the molecule is CCOc1cc(C#N)c(F)c(F)c1F. The number of halogens is 3. The smallest absolute Gasteiger partial charge is 0.203 e. The van der Waals surface area contributed by atoms with Gasteiger partial charge in [0.05, 0.1) is 12.2 Å². The van der Waals surface area contributed by atoms with Gasteiger partial charge in [-0.15, -0.1) is 0 Å². The fourth-order valence-corrected chi connectivity index (χ4v) is 0.922. The molecule has 0 amide bonds. The highest BCUT2D eigenvalue weighted by Crippen LogP contribution is 2.24. The second kappa shape index (κ2) is 4.01. The molecule has 1 aromatic rings. The second-order valence-corrected chi connectivity index (χ2v) is 2.41. The molecule has 0 aliphatic rings. The van der Waals surface area contributed by atoms with Crippen LogP contribution in [0.2, 0.25) is 0 Å². The molecule has 14 heavy (non-hydrogen) atoms. The molecule has 0 saturated heterocycles. The monoisotopic (exact) mass is 201 g/mol. The summed E-state index contributed by atoms with van der Waals surface area (Å²) in [5, 5.41) is 8.39. The zero-order valence-corrected chi connectivity index (χ0v) is 7.27. The lowest BCUT2D eigenvalue weighted by molar-refractivity contribution is 0.309. The molecule has 0 heterocycles. The Balaban J connectivity index is 3.34. The van der Waals surface area contributed by atoms with Crippen LogP contribution in [0.25, 0.3) is 0 Å². The van der Waals surface area contributed by atoms with Crippen LogP contribution in [0, 0.1) is 28.8 Å². The number of nitriles is 1. The van der Waals surface area contributed by atoms with Gasteiger partial charge in [0.2, 0.25) is 5.82 Å². The minimum Gasteiger partial charge on any atom is -0.491 e. The van der Waals surface area contributed by atoms with Gasteiger partial charge in [-0.25, -0.2) is 8.78 Å². The van der Waals surface area contributed by atoms with Crippen molar-refractivity contribution in [3.8, 4) is 11.8 Å². The Labute approximate surface area is 78.5 Å². The van der Waals surface area contributed by atoms with E-state index in [2.05, 4.69) is 4.74 Å². The van der Waals surface area contributed by atoms with Gasteiger partial charge in [0.15, 0.2) is 17.4 Å². The number of nitrogens with zero attached hydrogens (tertiary/aromatic N) is 1. The number of hydrogen-bond donors (Lipinski definition) is 0. The molecule has 0 aliphatic carbocycles. The highest BCUT2D eigenvalue weighted by Gasteiger charge is 2.19. The molecule has 0 unspecified atom stereocenters. The predicted octanol–water partition coefficient (Wildman–Crippen LogP) is 2.37. The van der Waals surface area contributed by atoms with E-state index in [1.807, 2.05) is 0 Å². The van der Waals surface area contributed by atoms with Crippen molar-refractivity contribution >= 4 is 0 Å². The van der Waals surface area contributed by atoms with Crippen molar-refractivity contribution in [2.75, 3.05) is 6.61 Å². The summed E-state index contributed by atoms with van der Waals surface area (Å²) in [6, 6.07) is 2.23. The molecule has 0 fully saturated rings. The molecule has 0 spiro atoms. The van der Waals surface area contributed by atoms with Crippen molar-refractivity contribution < 1.29 is 17.9 Å². The maximum absolute atomic E-state index is 12.9. The maximum Gasteiger partial charge on any atom is 0.203 e. The fourth-order valence-electron chi connectivity index (χ4n) is 0.922. The maximum atomic E-state index is 12.9. The first-order valence-corrected chi connectivity index (χ1v) is 3.82. The first-order chi connectivity index (χ1) is 6.61. The van der Waals surface area contributed by atoms with Crippen LogP contribution in [0.15, 0.2) is 6.07 Å². The quantitative estimate of drug-likeness (QED) is 0.688. The van der Waals surface area contributed by atoms with Crippen LogP contribution >= 0.6 is 0 Å². The normalized spacial score (nSPS) is 9.64. The molecule has 74 valence electrons. The molecule has 0 radical (unpaired) electrons. The van der Waals surface area contributed by atoms with E-state index < -0.39 is 28.8 Å². The van der Waals surface area contributed by atoms with E-state index in [1.54, 1.807) is 6.92 Å². The van der Waals surface area contributed by atoms with Crippen LogP contribution in [0.5, 0.6) is 5.75 Å². The summed E-state index contributed by atoms with van der Waals surface area (Å²) in [7, 11) is 0. The average Bonchev–Trinajstić information content (AvgIpc) is 2.19. The van der Waals surface area contributed by atoms with E-state index in [1.165, 1.54) is 6.07 Å². The molecule has 2 nitrogen and oxygen atoms in total. The minimum absolute atomic E-state index is 0.104. The van der Waals surface area contributed by atoms with Gasteiger partial charge in [0, 0.05) is 6.07 Å². The average molecular weight is 201 g/mol. The zero-order chi connectivity index (χ0) is 10.7. The van der Waals surface area contributed by atoms with Crippen molar-refractivity contribution in [1.82, 2.24) is 0 Å². The molecular formula is C9H6F3NO. The topological polar surface area (TPSA) is 33.0 Å². The first-order valence-electron chi connectivity index (χ1n) is 3.82. The summed E-state index contributed by atoms with van der Waals surface area (Å²) in [5.41, 5.74) is -0.577. The Kier molecular flexibility index (Phi) is 2.97. The highest BCUT2D eigenvalue weighted by atomic mass is 19.2. The Morgan fingerprint density at radius 1 is 1.29 bits per heavy atom. The Morgan fingerprint density at radius 3 is 2.43 bits per heavy atom. The largest absolute Gasteiger partial charge is 0.491 e. The molecule has 5 heteroatoms. The summed E-state index contributed by atoms with van der Waals surface area (Å²) in [6.45, 7) is 1.67. The summed E-state index contributed by atoms with van der Waals surface area (Å²) in [4.78, 5) is 0. The van der Waals surface area contributed by atoms with Crippen molar-refractivity contribution in [3.63, 3.8) is 0 Å². The lowest BCUT2D eigenvalue weighted by atomic mass is 10.2. The summed E-state index contributed by atoms with van der Waals surface area (Å²) < 4.78 is 43.2. The third-order valence-corrected chi connectivity index (χ3v) is 1.53. The van der Waals surface area contributed by atoms with E-state index in [4.69, 9.17) is 5.26 Å². The zero-order valence-electron chi connectivity index (χ0n) is 7.27. The highest BCUT2D eigenvalue weighted by molar-refractivity contribution is 5.39. The van der Waals surface area contributed by atoms with E-state index in [0.29, 0.717) is 0 Å². The number of rotatable bonds is 2. The summed E-state index contributed by atoms with van der Waals surface area (Å²) in [6.07, 6.45) is 0. The van der Waals surface area contributed by atoms with Gasteiger partial charge in [0.1, 0.15) is 6.07 Å². The van der Waals surface area contributed by atoms with Gasteiger partial charge in [-0.1, -0.05) is 0 Å². The number of benzene rings is 1. The van der Waals surface area contributed by atoms with Gasteiger partial charge >= 0.3 is 0 Å². The molecule has 0 bridgehead atoms. The van der Waals surface area contributed by atoms with Gasteiger partial charge in [-0.3, -0.25) is 0 Å². The summed E-state index contributed by atoms with van der Waals surface area (Å²) >= 11 is 0. The lowest BCUT2D eigenvalue weighted by Crippen LogP contribution is -2.01. The molecule has 0 saturated carbocycles. The molecule has 0 atom stereocenters. The van der Waals surface area contributed by atoms with Crippen LogP contribution < -0.4 is 4.74 Å². The van der Waals surface area contributed by atoms with E-state index in [0.717, 1.165) is 6.07 Å². The van der Waals surface area contributed by atoms with Crippen LogP contribution in [-0.4, -0.2) is 6.61 Å². The number of ether oxygens (including phenoxy) is 1. The van der Waals surface area contributed by atoms with Crippen LogP contribution in [0.4, 0.5) is 13.2 Å². The Morgan fingerprint density at radius 2 is 1.93 bits per heavy atom. The van der Waals surface area contributed by atoms with E-state index in [9.17, 15) is 13.2 Å². The third-order valence-electron chi connectivity index (χ3n) is 1.53. The van der Waals surface area contributed by atoms with Crippen molar-refractivity contribution in [2.45, 2.75) is 6.92 Å². The predicted molar refractivity (Wildman–Crippen MR) is 42.2 cm³/mol. The van der Waals surface area contributed by atoms with Crippen LogP contribution in [-0.2, 0) is 0 Å². The standard InChI is InChI=1S/C9H6F3NO/c1-2-14-6-3-5(4-13)7(10)9(12)8(6)11/h3H,2H2,1H3. The van der Waals surface area contributed by atoms with Crippen molar-refractivity contribution in [3.05, 3.63) is 29.1 Å². The molecule has 0 aromatic heterocycles.